The summed E-state index contributed by atoms with van der Waals surface area (Å²) in [4.78, 5) is 41.4. The molecule has 1 saturated heterocycles. The van der Waals surface area contributed by atoms with E-state index in [2.05, 4.69) is 4.74 Å². The number of nitrogens with zero attached hydrogens (tertiary/aromatic N) is 3. The number of fused-ring (bicyclic) bond motifs is 4. The number of carbonyl (C=O) groups is 2. The summed E-state index contributed by atoms with van der Waals surface area (Å²) in [5, 5.41) is 1.94. The number of halogens is 2. The molecule has 0 bridgehead atoms. The lowest BCUT2D eigenvalue weighted by atomic mass is 9.91. The Morgan fingerprint density at radius 1 is 1.11 bits per heavy atom. The number of methoxy groups -OCH3 is 1. The van der Waals surface area contributed by atoms with Gasteiger partial charge in [0.05, 0.1) is 13.2 Å². The normalized spacial score (nSPS) is 19.6. The molecule has 236 valence electrons. The first-order valence-electron chi connectivity index (χ1n) is 14.0. The van der Waals surface area contributed by atoms with E-state index in [0.29, 0.717) is 24.9 Å². The molecule has 10 nitrogen and oxygen atoms in total. The van der Waals surface area contributed by atoms with Crippen molar-refractivity contribution in [2.75, 3.05) is 25.5 Å². The third-order valence-electron chi connectivity index (χ3n) is 7.98. The fourth-order valence-corrected chi connectivity index (χ4v) is 7.09. The van der Waals surface area contributed by atoms with Gasteiger partial charge in [0.2, 0.25) is 18.0 Å². The summed E-state index contributed by atoms with van der Waals surface area (Å²) in [5.41, 5.74) is 2.06. The smallest absolute Gasteiger partial charge is 0.451 e. The number of piperidine rings is 1. The minimum atomic E-state index is -1.02. The molecule has 1 fully saturated rings. The lowest BCUT2D eigenvalue weighted by molar-refractivity contribution is 0.0128. The van der Waals surface area contributed by atoms with Crippen molar-refractivity contribution in [3.05, 3.63) is 117 Å². The Kier molecular flexibility index (Phi) is 9.30. The van der Waals surface area contributed by atoms with Gasteiger partial charge < -0.3 is 24.6 Å². The highest BCUT2D eigenvalue weighted by atomic mass is 32.2. The molecule has 0 spiro atoms. The van der Waals surface area contributed by atoms with Crippen molar-refractivity contribution in [3.8, 4) is 5.75 Å². The summed E-state index contributed by atoms with van der Waals surface area (Å²) >= 11 is 1.41. The van der Waals surface area contributed by atoms with Crippen LogP contribution in [0.1, 0.15) is 53.0 Å². The number of allylic oxidation sites excluding steroid dienone is 3. The Hall–Kier alpha value is -4.62. The maximum Gasteiger partial charge on any atom is 0.510 e. The molecule has 1 amide bonds. The first-order valence-corrected chi connectivity index (χ1v) is 15.0. The predicted octanol–water partition coefficient (Wildman–Crippen LogP) is 4.83. The van der Waals surface area contributed by atoms with E-state index in [9.17, 15) is 18.8 Å². The largest absolute Gasteiger partial charge is 0.510 e. The monoisotopic (exact) mass is 639 g/mol. The van der Waals surface area contributed by atoms with Crippen molar-refractivity contribution in [1.29, 1.82) is 0 Å². The van der Waals surface area contributed by atoms with E-state index in [1.165, 1.54) is 24.0 Å². The van der Waals surface area contributed by atoms with E-state index < -0.39 is 48.1 Å². The number of hydrogen-bond donors (Lipinski definition) is 0. The minimum Gasteiger partial charge on any atom is -0.451 e. The average molecular weight is 640 g/mol. The van der Waals surface area contributed by atoms with Crippen molar-refractivity contribution < 1.29 is 38.1 Å². The third-order valence-corrected chi connectivity index (χ3v) is 9.09. The number of pyridine rings is 1. The zero-order chi connectivity index (χ0) is 31.0. The van der Waals surface area contributed by atoms with Crippen molar-refractivity contribution >= 4 is 23.8 Å². The van der Waals surface area contributed by atoms with Gasteiger partial charge in [0.15, 0.2) is 17.3 Å². The van der Waals surface area contributed by atoms with Gasteiger partial charge in [-0.05, 0) is 36.6 Å². The first-order chi connectivity index (χ1) is 21.3. The van der Waals surface area contributed by atoms with Crippen molar-refractivity contribution in [3.63, 3.8) is 0 Å². The Morgan fingerprint density at radius 2 is 1.91 bits per heavy atom. The van der Waals surface area contributed by atoms with E-state index >= 15 is 4.39 Å². The van der Waals surface area contributed by atoms with Gasteiger partial charge in [0.25, 0.3) is 5.91 Å². The minimum absolute atomic E-state index is 0. The Labute approximate surface area is 261 Å². The molecule has 3 aliphatic heterocycles. The number of thioether (sulfide) groups is 1. The summed E-state index contributed by atoms with van der Waals surface area (Å²) in [7, 11) is 1.13. The zero-order valence-corrected chi connectivity index (χ0v) is 25.3. The number of amides is 1. The van der Waals surface area contributed by atoms with Crippen LogP contribution in [0.15, 0.2) is 82.2 Å². The molecule has 6 rings (SSSR count). The third kappa shape index (κ3) is 5.69. The topological polar surface area (TPSA) is 122 Å². The second-order valence-electron chi connectivity index (χ2n) is 10.4. The Balaban J connectivity index is 0.00000400. The summed E-state index contributed by atoms with van der Waals surface area (Å²) in [6.07, 6.45) is 6.89. The number of ether oxygens (including phenoxy) is 3. The number of rotatable bonds is 5. The van der Waals surface area contributed by atoms with E-state index in [-0.39, 0.29) is 28.2 Å². The highest BCUT2D eigenvalue weighted by Gasteiger charge is 2.46. The fraction of sp³-hybridized carbons (Fsp3) is 0.281. The molecule has 0 radical (unpaired) electrons. The Morgan fingerprint density at radius 3 is 2.69 bits per heavy atom. The van der Waals surface area contributed by atoms with Gasteiger partial charge in [-0.15, -0.1) is 11.8 Å². The molecule has 2 atom stereocenters. The molecule has 1 unspecified atom stereocenters. The predicted molar refractivity (Wildman–Crippen MR) is 163 cm³/mol. The van der Waals surface area contributed by atoms with Gasteiger partial charge in [-0.2, -0.15) is 0 Å². The SMILES string of the molecule is C/C=C\C=C1\CCN2C(=O)c3c(OCOC(=O)OC)c(=O)ccn3N(C3c4ccccc4SCc4c3ccc(F)c4F)[C@@H]2C1.O. The lowest BCUT2D eigenvalue weighted by Crippen LogP contribution is -2.64. The summed E-state index contributed by atoms with van der Waals surface area (Å²) < 4.78 is 46.6. The van der Waals surface area contributed by atoms with Gasteiger partial charge in [-0.1, -0.05) is 48.1 Å². The molecule has 0 aliphatic carbocycles. The van der Waals surface area contributed by atoms with Gasteiger partial charge in [0, 0.05) is 41.4 Å². The summed E-state index contributed by atoms with van der Waals surface area (Å²) in [5.74, 6) is -2.40. The van der Waals surface area contributed by atoms with E-state index in [1.807, 2.05) is 54.4 Å². The van der Waals surface area contributed by atoms with Crippen LogP contribution >= 0.6 is 11.8 Å². The average Bonchev–Trinajstić information content (AvgIpc) is 3.20. The quantitative estimate of drug-likeness (QED) is 0.288. The van der Waals surface area contributed by atoms with Crippen LogP contribution in [-0.2, 0) is 15.2 Å². The first kappa shape index (κ1) is 31.8. The molecular weight excluding hydrogens is 608 g/mol. The molecule has 2 aromatic carbocycles. The second-order valence-corrected chi connectivity index (χ2v) is 11.4. The van der Waals surface area contributed by atoms with E-state index in [4.69, 9.17) is 9.47 Å². The summed E-state index contributed by atoms with van der Waals surface area (Å²) in [6.45, 7) is 1.60. The summed E-state index contributed by atoms with van der Waals surface area (Å²) in [6, 6.07) is 10.9. The van der Waals surface area contributed by atoms with Gasteiger partial charge in [-0.3, -0.25) is 19.3 Å². The molecular formula is C32H31F2N3O7S. The zero-order valence-electron chi connectivity index (χ0n) is 24.5. The molecule has 4 heterocycles. The molecule has 0 saturated carbocycles. The van der Waals surface area contributed by atoms with E-state index in [1.54, 1.807) is 15.6 Å². The van der Waals surface area contributed by atoms with Crippen LogP contribution in [0.3, 0.4) is 0 Å². The molecule has 3 aromatic rings. The maximum absolute atomic E-state index is 15.5. The van der Waals surface area contributed by atoms with Crippen molar-refractivity contribution in [1.82, 2.24) is 9.58 Å². The van der Waals surface area contributed by atoms with E-state index in [0.717, 1.165) is 29.2 Å². The van der Waals surface area contributed by atoms with Gasteiger partial charge >= 0.3 is 6.16 Å². The van der Waals surface area contributed by atoms with Crippen LogP contribution in [0.5, 0.6) is 5.75 Å². The second kappa shape index (κ2) is 13.2. The molecule has 1 aromatic heterocycles. The van der Waals surface area contributed by atoms with Crippen LogP contribution < -0.4 is 15.2 Å². The van der Waals surface area contributed by atoms with Gasteiger partial charge in [-0.25, -0.2) is 13.6 Å². The maximum atomic E-state index is 15.5. The van der Waals surface area contributed by atoms with Crippen LogP contribution in [0, 0.1) is 11.6 Å². The van der Waals surface area contributed by atoms with Crippen LogP contribution in [0.2, 0.25) is 0 Å². The van der Waals surface area contributed by atoms with Crippen LogP contribution in [-0.4, -0.2) is 53.7 Å². The highest BCUT2D eigenvalue weighted by Crippen LogP contribution is 2.46. The standard InChI is InChI=1S/C32H29F2N3O6S.H2O/c1-3-4-7-19-12-14-35-26(16-19)37(36-15-13-24(38)30(29(36)31(35)39)42-18-43-32(40)41-2)28-20-10-11-23(33)27(34)22(20)17-44-25-9-6-5-8-21(25)28;/h3-11,13,15,26,28H,12,14,16-18H2,1-2H3;1H2/b4-3-,19-7-;/t26-,28?;/m1./s1. The van der Waals surface area contributed by atoms with Crippen molar-refractivity contribution in [2.45, 2.75) is 42.6 Å². The molecule has 45 heavy (non-hydrogen) atoms. The Bertz CT molecular complexity index is 1760. The molecule has 13 heteroatoms. The number of hydrogen-bond acceptors (Lipinski definition) is 8. The van der Waals surface area contributed by atoms with Gasteiger partial charge in [0.1, 0.15) is 6.17 Å². The number of benzene rings is 2. The number of aromatic nitrogens is 1. The lowest BCUT2D eigenvalue weighted by Gasteiger charge is -2.52. The fourth-order valence-electron chi connectivity index (χ4n) is 5.98. The highest BCUT2D eigenvalue weighted by molar-refractivity contribution is 7.98. The van der Waals surface area contributed by atoms with Crippen molar-refractivity contribution in [2.24, 2.45) is 0 Å². The van der Waals surface area contributed by atoms with Crippen LogP contribution in [0.4, 0.5) is 13.6 Å². The number of carbonyl (C=O) groups excluding carboxylic acids is 2. The molecule has 2 N–H and O–H groups in total. The molecule has 3 aliphatic rings. The van der Waals surface area contributed by atoms with Crippen LogP contribution in [0.25, 0.3) is 0 Å².